The molecule has 138 valence electrons. The first kappa shape index (κ1) is 19.4. The number of aromatic nitrogens is 1. The van der Waals surface area contributed by atoms with Crippen LogP contribution in [0.1, 0.15) is 34.1 Å². The molecule has 26 heavy (non-hydrogen) atoms. The molecule has 1 heterocycles. The molecule has 0 amide bonds. The molecule has 0 radical (unpaired) electrons. The third-order valence-corrected chi connectivity index (χ3v) is 4.19. The molecule has 0 aliphatic rings. The maximum absolute atomic E-state index is 12.2. The summed E-state index contributed by atoms with van der Waals surface area (Å²) >= 11 is 0. The van der Waals surface area contributed by atoms with E-state index in [2.05, 4.69) is 28.3 Å². The van der Waals surface area contributed by atoms with Crippen molar-refractivity contribution >= 4 is 23.8 Å². The lowest BCUT2D eigenvalue weighted by molar-refractivity contribution is 0.0601. The minimum Gasteiger partial charge on any atom is -0.465 e. The highest BCUT2D eigenvalue weighted by molar-refractivity contribution is 5.95. The van der Waals surface area contributed by atoms with Crippen molar-refractivity contribution in [2.24, 2.45) is 4.99 Å². The van der Waals surface area contributed by atoms with E-state index < -0.39 is 5.97 Å². The van der Waals surface area contributed by atoms with Crippen molar-refractivity contribution in [2.75, 3.05) is 26.0 Å². The van der Waals surface area contributed by atoms with Crippen LogP contribution < -0.4 is 5.32 Å². The Morgan fingerprint density at radius 3 is 2.73 bits per heavy atom. The van der Waals surface area contributed by atoms with Gasteiger partial charge in [-0.1, -0.05) is 24.3 Å². The molecule has 1 aromatic carbocycles. The fourth-order valence-corrected chi connectivity index (χ4v) is 2.36. The summed E-state index contributed by atoms with van der Waals surface area (Å²) in [7, 11) is 3.30. The Labute approximate surface area is 154 Å². The molecule has 1 N–H and O–H groups in total. The van der Waals surface area contributed by atoms with Crippen LogP contribution in [0.5, 0.6) is 0 Å². The predicted molar refractivity (Wildman–Crippen MR) is 105 cm³/mol. The number of rotatable bonds is 7. The summed E-state index contributed by atoms with van der Waals surface area (Å²) in [4.78, 5) is 23.1. The Kier molecular flexibility index (Phi) is 6.72. The van der Waals surface area contributed by atoms with Crippen LogP contribution in [-0.2, 0) is 11.3 Å². The summed E-state index contributed by atoms with van der Waals surface area (Å²) in [5.74, 6) is 0.0606. The SMILES string of the molecule is CCN(C)C=Nc1cc(C(=O)OC)c(NCc2ccccc2C)nc1C. The number of aliphatic imine (C=N–C) groups is 1. The molecule has 0 spiro atoms. The van der Waals surface area contributed by atoms with Gasteiger partial charge in [0, 0.05) is 20.1 Å². The third kappa shape index (κ3) is 4.81. The first-order valence-electron chi connectivity index (χ1n) is 8.59. The van der Waals surface area contributed by atoms with Crippen molar-refractivity contribution in [3.8, 4) is 0 Å². The van der Waals surface area contributed by atoms with Crippen molar-refractivity contribution in [2.45, 2.75) is 27.3 Å². The molecule has 0 fully saturated rings. The van der Waals surface area contributed by atoms with E-state index in [0.29, 0.717) is 23.6 Å². The number of carbonyl (C=O) groups is 1. The van der Waals surface area contributed by atoms with Gasteiger partial charge in [0.2, 0.25) is 0 Å². The van der Waals surface area contributed by atoms with E-state index in [1.165, 1.54) is 12.7 Å². The molecular formula is C20H26N4O2. The number of pyridine rings is 1. The lowest BCUT2D eigenvalue weighted by Crippen LogP contribution is -2.14. The van der Waals surface area contributed by atoms with Crippen molar-refractivity contribution in [1.29, 1.82) is 0 Å². The van der Waals surface area contributed by atoms with Gasteiger partial charge in [0.25, 0.3) is 0 Å². The molecule has 0 saturated carbocycles. The molecule has 0 unspecified atom stereocenters. The molecule has 0 aliphatic heterocycles. The molecule has 6 heteroatoms. The third-order valence-electron chi connectivity index (χ3n) is 4.19. The van der Waals surface area contributed by atoms with Gasteiger partial charge in [0.05, 0.1) is 24.8 Å². The number of ether oxygens (including phenoxy) is 1. The van der Waals surface area contributed by atoms with Crippen molar-refractivity contribution in [3.05, 3.63) is 52.7 Å². The quantitative estimate of drug-likeness (QED) is 0.466. The zero-order valence-corrected chi connectivity index (χ0v) is 16.0. The van der Waals surface area contributed by atoms with Crippen molar-refractivity contribution in [3.63, 3.8) is 0 Å². The molecule has 2 aromatic rings. The van der Waals surface area contributed by atoms with Gasteiger partial charge in [0.1, 0.15) is 11.4 Å². The van der Waals surface area contributed by atoms with Gasteiger partial charge < -0.3 is 15.0 Å². The minimum absolute atomic E-state index is 0.373. The number of carbonyl (C=O) groups excluding carboxylic acids is 1. The average molecular weight is 354 g/mol. The van der Waals surface area contributed by atoms with Gasteiger partial charge >= 0.3 is 5.97 Å². The highest BCUT2D eigenvalue weighted by Gasteiger charge is 2.16. The minimum atomic E-state index is -0.440. The molecule has 0 aliphatic carbocycles. The number of hydrogen-bond acceptors (Lipinski definition) is 5. The second-order valence-corrected chi connectivity index (χ2v) is 6.08. The summed E-state index contributed by atoms with van der Waals surface area (Å²) in [6.45, 7) is 7.38. The van der Waals surface area contributed by atoms with Crippen LogP contribution in [-0.4, -0.2) is 42.9 Å². The maximum atomic E-state index is 12.2. The zero-order chi connectivity index (χ0) is 19.1. The van der Waals surface area contributed by atoms with Crippen LogP contribution in [0.2, 0.25) is 0 Å². The van der Waals surface area contributed by atoms with E-state index in [-0.39, 0.29) is 0 Å². The topological polar surface area (TPSA) is 66.8 Å². The smallest absolute Gasteiger partial charge is 0.341 e. The molecule has 6 nitrogen and oxygen atoms in total. The Bertz CT molecular complexity index is 802. The van der Waals surface area contributed by atoms with Crippen LogP contribution in [0.4, 0.5) is 11.5 Å². The number of anilines is 1. The van der Waals surface area contributed by atoms with E-state index in [4.69, 9.17) is 4.74 Å². The van der Waals surface area contributed by atoms with E-state index in [9.17, 15) is 4.79 Å². The Balaban J connectivity index is 2.32. The van der Waals surface area contributed by atoms with Crippen LogP contribution in [0, 0.1) is 13.8 Å². The van der Waals surface area contributed by atoms with Crippen molar-refractivity contribution in [1.82, 2.24) is 9.88 Å². The summed E-state index contributed by atoms with van der Waals surface area (Å²) < 4.78 is 4.91. The monoisotopic (exact) mass is 354 g/mol. The number of methoxy groups -OCH3 is 1. The van der Waals surface area contributed by atoms with Crippen LogP contribution in [0.25, 0.3) is 0 Å². The summed E-state index contributed by atoms with van der Waals surface area (Å²) in [6, 6.07) is 9.81. The molecule has 1 aromatic heterocycles. The number of aryl methyl sites for hydroxylation is 2. The van der Waals surface area contributed by atoms with Gasteiger partial charge in [-0.05, 0) is 38.0 Å². The van der Waals surface area contributed by atoms with Gasteiger partial charge in [0.15, 0.2) is 0 Å². The summed E-state index contributed by atoms with van der Waals surface area (Å²) in [5, 5.41) is 3.26. The number of nitrogens with one attached hydrogen (secondary N) is 1. The van der Waals surface area contributed by atoms with Crippen LogP contribution in [0.3, 0.4) is 0 Å². The average Bonchev–Trinajstić information content (AvgIpc) is 2.65. The van der Waals surface area contributed by atoms with E-state index >= 15 is 0 Å². The van der Waals surface area contributed by atoms with Crippen LogP contribution in [0.15, 0.2) is 35.3 Å². The zero-order valence-electron chi connectivity index (χ0n) is 16.0. The standard InChI is InChI=1S/C20H26N4O2/c1-6-24(4)13-22-18-11-17(20(25)26-5)19(23-15(18)3)21-12-16-10-8-7-9-14(16)2/h7-11,13H,6,12H2,1-5H3,(H,21,23). The van der Waals surface area contributed by atoms with Crippen LogP contribution >= 0.6 is 0 Å². The van der Waals surface area contributed by atoms with E-state index in [1.54, 1.807) is 12.4 Å². The highest BCUT2D eigenvalue weighted by atomic mass is 16.5. The molecular weight excluding hydrogens is 328 g/mol. The van der Waals surface area contributed by atoms with Gasteiger partial charge in [-0.25, -0.2) is 14.8 Å². The number of nitrogens with zero attached hydrogens (tertiary/aromatic N) is 3. The van der Waals surface area contributed by atoms with Crippen molar-refractivity contribution < 1.29 is 9.53 Å². The fraction of sp³-hybridized carbons (Fsp3) is 0.350. The Hall–Kier alpha value is -2.89. The Morgan fingerprint density at radius 2 is 2.08 bits per heavy atom. The van der Waals surface area contributed by atoms with Gasteiger partial charge in [-0.2, -0.15) is 0 Å². The second kappa shape index (κ2) is 8.99. The first-order valence-corrected chi connectivity index (χ1v) is 8.59. The predicted octanol–water partition coefficient (Wildman–Crippen LogP) is 3.71. The number of benzene rings is 1. The van der Waals surface area contributed by atoms with Gasteiger partial charge in [-0.3, -0.25) is 0 Å². The lowest BCUT2D eigenvalue weighted by atomic mass is 10.1. The first-order chi connectivity index (χ1) is 12.5. The normalized spacial score (nSPS) is 10.8. The number of hydrogen-bond donors (Lipinski definition) is 1. The highest BCUT2D eigenvalue weighted by Crippen LogP contribution is 2.25. The Morgan fingerprint density at radius 1 is 1.35 bits per heavy atom. The maximum Gasteiger partial charge on any atom is 0.341 e. The van der Waals surface area contributed by atoms with E-state index in [1.807, 2.05) is 44.0 Å². The lowest BCUT2D eigenvalue weighted by Gasteiger charge is -2.14. The second-order valence-electron chi connectivity index (χ2n) is 6.08. The molecule has 0 saturated heterocycles. The molecule has 0 atom stereocenters. The fourth-order valence-electron chi connectivity index (χ4n) is 2.36. The summed E-state index contributed by atoms with van der Waals surface area (Å²) in [6.07, 6.45) is 1.73. The molecule has 2 rings (SSSR count). The largest absolute Gasteiger partial charge is 0.465 e. The molecule has 0 bridgehead atoms. The summed E-state index contributed by atoms with van der Waals surface area (Å²) in [5.41, 5.74) is 4.09. The van der Waals surface area contributed by atoms with E-state index in [0.717, 1.165) is 17.8 Å². The van der Waals surface area contributed by atoms with Gasteiger partial charge in [-0.15, -0.1) is 0 Å². The number of esters is 1.